The fourth-order valence-electron chi connectivity index (χ4n) is 6.16. The van der Waals surface area contributed by atoms with Gasteiger partial charge >= 0.3 is 37.4 Å². The molecule has 25 nitrogen and oxygen atoms in total. The van der Waals surface area contributed by atoms with Crippen molar-refractivity contribution in [3.05, 3.63) is 394 Å². The summed E-state index contributed by atoms with van der Waals surface area (Å²) in [5, 5.41) is 41.2. The first-order chi connectivity index (χ1) is 52.9. The zero-order valence-electron chi connectivity index (χ0n) is 62.6. The van der Waals surface area contributed by atoms with E-state index in [1.807, 2.05) is 36.4 Å². The molecule has 0 fully saturated rings. The predicted molar refractivity (Wildman–Crippen MR) is 460 cm³/mol. The minimum absolute atomic E-state index is 0.0808. The molecule has 0 aliphatic rings. The molecule has 7 aromatic carbocycles. The number of rotatable bonds is 21. The monoisotopic (exact) mass is 1660 g/mol. The normalized spacial score (nSPS) is 9.19. The lowest BCUT2D eigenvalue weighted by molar-refractivity contribution is -0.140. The summed E-state index contributed by atoms with van der Waals surface area (Å²) in [4.78, 5) is 65.6. The Morgan fingerprint density at radius 3 is 0.690 bits per heavy atom. The molecule has 0 bridgehead atoms. The van der Waals surface area contributed by atoms with Crippen LogP contribution in [0.2, 0.25) is 0 Å². The number of aryl methyl sites for hydroxylation is 1. The molecule has 7 aromatic rings. The van der Waals surface area contributed by atoms with Gasteiger partial charge in [0.2, 0.25) is 0 Å². The molecule has 7 rings (SSSR count). The topological polar surface area (TPSA) is 462 Å². The number of hydrogen-bond donors (Lipinski definition) is 11. The van der Waals surface area contributed by atoms with Crippen molar-refractivity contribution in [3.8, 4) is 0 Å². The number of carbonyl (C=O) groups is 5. The predicted octanol–water partition coefficient (Wildman–Crippen LogP) is 18.4. The standard InChI is InChI=1S/C11H12O2.C10H10O2.C9H10O3S.C9H8O2.3C8H8O3S.C4H4O4.C2H5O3P.7C2H4/c1-2-9-3-5-10(6-4-9)7-8-11(12)13;1-2-8-3-5-9(6-4-8)7-10(11)12;1-2-8-3-5-9(6-4-8)7-13(10,11)12;1-2-7-3-5-8(6-4-7)9(10)11;3*1-2-7-3-5-8(6-4-7)12(9,10)11;1-2(3(5)6)4(7)8;1-2-6(3,4)5;7*1-2/h2-6H,1,7-8H2,(H,12,13);2-6H,1,7H2,(H,11,12);2-6H,1,7H2,(H,10,11,12);2-6H,1H2,(H,10,11);3*2-6H,1H2,(H,9,10,11);1H2,(H,5,6)(H,7,8);2H,1H2,(H2,3,4,5);7*1-2H2. The van der Waals surface area contributed by atoms with E-state index in [-0.39, 0.29) is 33.3 Å². The van der Waals surface area contributed by atoms with E-state index in [4.69, 9.17) is 53.5 Å². The van der Waals surface area contributed by atoms with Crippen LogP contribution in [0, 0.1) is 0 Å². The van der Waals surface area contributed by atoms with E-state index in [2.05, 4.69) is 151 Å². The number of benzene rings is 7. The summed E-state index contributed by atoms with van der Waals surface area (Å²) in [5.74, 6) is -5.21. The molecule has 0 aliphatic heterocycles. The number of aromatic carboxylic acids is 1. The van der Waals surface area contributed by atoms with Gasteiger partial charge in [0.25, 0.3) is 40.5 Å². The number of carboxylic acid groups (broad SMARTS) is 5. The summed E-state index contributed by atoms with van der Waals surface area (Å²) in [7, 11) is -20.0. The second kappa shape index (κ2) is 69.9. The molecule has 113 heavy (non-hydrogen) atoms. The highest BCUT2D eigenvalue weighted by Crippen LogP contribution is 2.34. The maximum Gasteiger partial charge on any atom is 0.348 e. The number of aliphatic carboxylic acids is 4. The highest BCUT2D eigenvalue weighted by molar-refractivity contribution is 7.86. The third kappa shape index (κ3) is 67.4. The van der Waals surface area contributed by atoms with E-state index in [1.54, 1.807) is 140 Å². The molecule has 0 aliphatic carbocycles. The van der Waals surface area contributed by atoms with Crippen molar-refractivity contribution in [1.82, 2.24) is 0 Å². The molecule has 0 amide bonds. The van der Waals surface area contributed by atoms with Gasteiger partial charge in [0.05, 0.1) is 26.7 Å². The summed E-state index contributed by atoms with van der Waals surface area (Å²) in [6, 6.07) is 45.7. The van der Waals surface area contributed by atoms with Gasteiger partial charge in [-0.25, -0.2) is 14.4 Å². The van der Waals surface area contributed by atoms with Gasteiger partial charge in [0, 0.05) is 12.2 Å². The van der Waals surface area contributed by atoms with Crippen LogP contribution in [-0.2, 0) is 82.8 Å². The molecule has 30 heteroatoms. The van der Waals surface area contributed by atoms with E-state index < -0.39 is 83.5 Å². The van der Waals surface area contributed by atoms with Gasteiger partial charge in [-0.15, -0.1) is 92.1 Å². The molecule has 0 heterocycles. The quantitative estimate of drug-likeness (QED) is 0.00795. The maximum atomic E-state index is 10.6. The highest BCUT2D eigenvalue weighted by Gasteiger charge is 2.12. The van der Waals surface area contributed by atoms with Crippen LogP contribution in [0.1, 0.15) is 72.4 Å². The summed E-state index contributed by atoms with van der Waals surface area (Å²) in [6.07, 6.45) is 12.5. The Morgan fingerprint density at radius 1 is 0.327 bits per heavy atom. The van der Waals surface area contributed by atoms with E-state index in [0.717, 1.165) is 50.1 Å². The lowest BCUT2D eigenvalue weighted by Gasteiger charge is -1.98. The smallest absolute Gasteiger partial charge is 0.348 e. The summed E-state index contributed by atoms with van der Waals surface area (Å²) in [5.41, 5.74) is 8.24. The van der Waals surface area contributed by atoms with Gasteiger partial charge in [-0.2, -0.15) is 33.7 Å². The first kappa shape index (κ1) is 119. The van der Waals surface area contributed by atoms with E-state index in [0.29, 0.717) is 23.4 Å². The fraction of sp³-hybridized carbons (Fsp3) is 0.0482. The summed E-state index contributed by atoms with van der Waals surface area (Å²) >= 11 is 0. The fourth-order valence-corrected chi connectivity index (χ4v) is 8.21. The van der Waals surface area contributed by atoms with E-state index in [1.165, 1.54) is 36.4 Å². The van der Waals surface area contributed by atoms with Gasteiger partial charge in [-0.3, -0.25) is 32.4 Å². The summed E-state index contributed by atoms with van der Waals surface area (Å²) in [6.45, 7) is 72.5. The van der Waals surface area contributed by atoms with Gasteiger partial charge in [-0.1, -0.05) is 223 Å². The van der Waals surface area contributed by atoms with Crippen LogP contribution in [0.15, 0.2) is 347 Å². The molecular formula is C83H101O25PS4. The molecule has 0 aromatic heterocycles. The van der Waals surface area contributed by atoms with Gasteiger partial charge in [-0.05, 0) is 111 Å². The lowest BCUT2D eigenvalue weighted by Crippen LogP contribution is -2.08. The lowest BCUT2D eigenvalue weighted by atomic mass is 10.1. The largest absolute Gasteiger partial charge is 0.481 e. The van der Waals surface area contributed by atoms with E-state index >= 15 is 0 Å². The van der Waals surface area contributed by atoms with Crippen molar-refractivity contribution in [2.45, 2.75) is 39.7 Å². The Bertz CT molecular complexity index is 4310. The van der Waals surface area contributed by atoms with Crippen LogP contribution in [0.3, 0.4) is 0 Å². The second-order valence-corrected chi connectivity index (χ2v) is 26.0. The number of carboxylic acids is 5. The molecule has 0 atom stereocenters. The molecule has 0 spiro atoms. The second-order valence-electron chi connectivity index (χ2n) is 18.8. The average molecular weight is 1660 g/mol. The Balaban J connectivity index is -0.000000151. The van der Waals surface area contributed by atoms with Crippen LogP contribution in [0.25, 0.3) is 42.5 Å². The number of hydrogen-bond acceptors (Lipinski definition) is 14. The van der Waals surface area contributed by atoms with Crippen molar-refractivity contribution in [3.63, 3.8) is 0 Å². The molecule has 11 N–H and O–H groups in total. The van der Waals surface area contributed by atoms with Crippen molar-refractivity contribution in [1.29, 1.82) is 0 Å². The Labute approximate surface area is 665 Å². The molecule has 0 unspecified atom stereocenters. The molecule has 612 valence electrons. The highest BCUT2D eigenvalue weighted by atomic mass is 32.2. The van der Waals surface area contributed by atoms with Crippen molar-refractivity contribution in [2.24, 2.45) is 0 Å². The maximum absolute atomic E-state index is 10.6. The van der Waals surface area contributed by atoms with Gasteiger partial charge in [0.15, 0.2) is 0 Å². The molecule has 0 saturated carbocycles. The zero-order valence-corrected chi connectivity index (χ0v) is 66.8. The van der Waals surface area contributed by atoms with E-state index in [9.17, 15) is 62.2 Å². The Morgan fingerprint density at radius 2 is 0.531 bits per heavy atom. The van der Waals surface area contributed by atoms with Crippen molar-refractivity contribution in [2.75, 3.05) is 0 Å². The van der Waals surface area contributed by atoms with Crippen LogP contribution in [0.5, 0.6) is 0 Å². The van der Waals surface area contributed by atoms with Crippen LogP contribution >= 0.6 is 7.60 Å². The third-order valence-corrected chi connectivity index (χ3v) is 15.1. The van der Waals surface area contributed by atoms with Gasteiger partial charge in [0.1, 0.15) is 11.3 Å². The first-order valence-corrected chi connectivity index (χ1v) is 38.5. The van der Waals surface area contributed by atoms with Crippen molar-refractivity contribution < 1.29 is 116 Å². The Kier molecular flexibility index (Phi) is 73.6. The molecule has 0 saturated heterocycles. The van der Waals surface area contributed by atoms with Crippen LogP contribution < -0.4 is 0 Å². The van der Waals surface area contributed by atoms with Crippen LogP contribution in [-0.4, -0.2) is 117 Å². The van der Waals surface area contributed by atoms with Crippen molar-refractivity contribution >= 4 is 120 Å². The SMILES string of the molecule is C=C.C=C.C=C.C=C.C=C.C=C.C=C.C=C(C(=O)O)C(=O)O.C=CP(=O)(O)O.C=Cc1ccc(C(=O)O)cc1.C=Cc1ccc(CC(=O)O)cc1.C=Cc1ccc(CCC(=O)O)cc1.C=Cc1ccc(CS(=O)(=O)O)cc1.C=Cc1ccc(S(=O)(=O)O)cc1.C=Cc1ccc(S(=O)(=O)O)cc1.C=Cc1ccc(S(=O)(=O)O)cc1. The summed E-state index contributed by atoms with van der Waals surface area (Å²) < 4.78 is 128. The minimum Gasteiger partial charge on any atom is -0.481 e. The Hall–Kier alpha value is -12.5. The zero-order chi connectivity index (χ0) is 90.3. The van der Waals surface area contributed by atoms with Gasteiger partial charge < -0.3 is 35.3 Å². The first-order valence-electron chi connectivity index (χ1n) is 30.9. The minimum atomic E-state index is -4.06. The third-order valence-electron chi connectivity index (χ3n) is 11.4. The molecular weight excluding hydrogens is 1560 g/mol. The van der Waals surface area contributed by atoms with Crippen LogP contribution in [0.4, 0.5) is 0 Å². The average Bonchev–Trinajstić information content (AvgIpc) is 0.853. The molecule has 0 radical (unpaired) electrons.